The van der Waals surface area contributed by atoms with E-state index in [1.165, 1.54) is 6.92 Å². The first-order chi connectivity index (χ1) is 5.37. The van der Waals surface area contributed by atoms with Crippen LogP contribution in [0.5, 0.6) is 0 Å². The molecule has 0 heterocycles. The molecule has 0 aromatic heterocycles. The van der Waals surface area contributed by atoms with Gasteiger partial charge in [0.15, 0.2) is 0 Å². The first-order valence-electron chi connectivity index (χ1n) is 2.99. The van der Waals surface area contributed by atoms with E-state index in [1.54, 1.807) is 0 Å². The highest BCUT2D eigenvalue weighted by atomic mass is 79.9. The lowest BCUT2D eigenvalue weighted by Crippen LogP contribution is -2.09. The summed E-state index contributed by atoms with van der Waals surface area (Å²) in [6.07, 6.45) is -4.67. The Morgan fingerprint density at radius 3 is 2.42 bits per heavy atom. The second kappa shape index (κ2) is 4.49. The summed E-state index contributed by atoms with van der Waals surface area (Å²) in [7, 11) is 0. The van der Waals surface area contributed by atoms with E-state index in [1.807, 2.05) is 0 Å². The van der Waals surface area contributed by atoms with Gasteiger partial charge in [-0.1, -0.05) is 0 Å². The lowest BCUT2D eigenvalue weighted by atomic mass is 10.5. The van der Waals surface area contributed by atoms with Crippen molar-refractivity contribution in [2.75, 3.05) is 6.61 Å². The van der Waals surface area contributed by atoms with E-state index >= 15 is 0 Å². The Morgan fingerprint density at radius 1 is 1.58 bits per heavy atom. The van der Waals surface area contributed by atoms with Crippen LogP contribution in [0.2, 0.25) is 0 Å². The molecule has 0 rings (SSSR count). The number of hydrogen-bond acceptors (Lipinski definition) is 2. The van der Waals surface area contributed by atoms with Gasteiger partial charge in [0.05, 0.1) is 6.61 Å². The Bertz CT molecular complexity index is 197. The van der Waals surface area contributed by atoms with Gasteiger partial charge in [0.25, 0.3) is 0 Å². The number of rotatable bonds is 2. The summed E-state index contributed by atoms with van der Waals surface area (Å²) in [6, 6.07) is 0. The monoisotopic (exact) mass is 246 g/mol. The first kappa shape index (κ1) is 11.5. The standard InChI is InChI=1S/C6H6BrF3O2/c1-2-12-5(11)4(7)3-6(8,9)10/h3H,2H2,1H3. The second-order valence-electron chi connectivity index (χ2n) is 1.75. The van der Waals surface area contributed by atoms with Gasteiger partial charge in [-0.25, -0.2) is 4.79 Å². The average Bonchev–Trinajstić information content (AvgIpc) is 1.84. The molecule has 0 bridgehead atoms. The summed E-state index contributed by atoms with van der Waals surface area (Å²) >= 11 is 2.45. The molecular weight excluding hydrogens is 241 g/mol. The highest BCUT2D eigenvalue weighted by Crippen LogP contribution is 2.21. The third kappa shape index (κ3) is 5.17. The fourth-order valence-electron chi connectivity index (χ4n) is 0.403. The molecule has 0 aromatic rings. The zero-order valence-electron chi connectivity index (χ0n) is 6.11. The number of carbonyl (C=O) groups is 1. The van der Waals surface area contributed by atoms with E-state index in [0.29, 0.717) is 0 Å². The van der Waals surface area contributed by atoms with E-state index in [2.05, 4.69) is 20.7 Å². The van der Waals surface area contributed by atoms with E-state index in [-0.39, 0.29) is 12.7 Å². The zero-order chi connectivity index (χ0) is 9.78. The Balaban J connectivity index is 4.28. The largest absolute Gasteiger partial charge is 0.462 e. The van der Waals surface area contributed by atoms with Gasteiger partial charge in [0.1, 0.15) is 4.48 Å². The van der Waals surface area contributed by atoms with Crippen LogP contribution in [0.1, 0.15) is 6.92 Å². The number of esters is 1. The predicted octanol–water partition coefficient (Wildman–Crippen LogP) is 2.39. The van der Waals surface area contributed by atoms with Crippen molar-refractivity contribution in [2.45, 2.75) is 13.1 Å². The van der Waals surface area contributed by atoms with Gasteiger partial charge in [-0.05, 0) is 22.9 Å². The van der Waals surface area contributed by atoms with Crippen LogP contribution in [-0.4, -0.2) is 18.8 Å². The smallest absolute Gasteiger partial charge is 0.411 e. The maximum Gasteiger partial charge on any atom is 0.411 e. The number of alkyl halides is 3. The van der Waals surface area contributed by atoms with Crippen molar-refractivity contribution >= 4 is 21.9 Å². The third-order valence-electron chi connectivity index (χ3n) is 0.761. The number of carbonyl (C=O) groups excluding carboxylic acids is 1. The molecule has 0 spiro atoms. The molecule has 0 aromatic carbocycles. The van der Waals surface area contributed by atoms with E-state index in [4.69, 9.17) is 0 Å². The minimum atomic E-state index is -4.51. The molecular formula is C6H6BrF3O2. The van der Waals surface area contributed by atoms with Crippen molar-refractivity contribution in [3.05, 3.63) is 10.6 Å². The van der Waals surface area contributed by atoms with Crippen LogP contribution in [-0.2, 0) is 9.53 Å². The van der Waals surface area contributed by atoms with Crippen molar-refractivity contribution in [1.82, 2.24) is 0 Å². The van der Waals surface area contributed by atoms with Gasteiger partial charge in [0, 0.05) is 6.08 Å². The maximum atomic E-state index is 11.6. The fourth-order valence-corrected chi connectivity index (χ4v) is 0.777. The second-order valence-corrected chi connectivity index (χ2v) is 2.61. The van der Waals surface area contributed by atoms with Gasteiger partial charge in [-0.3, -0.25) is 0 Å². The van der Waals surface area contributed by atoms with Crippen molar-refractivity contribution in [1.29, 1.82) is 0 Å². The Morgan fingerprint density at radius 2 is 2.08 bits per heavy atom. The molecule has 0 radical (unpaired) electrons. The van der Waals surface area contributed by atoms with Crippen LogP contribution >= 0.6 is 15.9 Å². The summed E-state index contributed by atoms with van der Waals surface area (Å²) in [5.41, 5.74) is 0. The molecule has 6 heteroatoms. The van der Waals surface area contributed by atoms with Crippen LogP contribution in [0.4, 0.5) is 13.2 Å². The summed E-state index contributed by atoms with van der Waals surface area (Å²) in [4.78, 5) is 10.6. The number of hydrogen-bond donors (Lipinski definition) is 0. The number of allylic oxidation sites excluding steroid dienone is 1. The molecule has 0 aliphatic carbocycles. The Kier molecular flexibility index (Phi) is 4.30. The highest BCUT2D eigenvalue weighted by molar-refractivity contribution is 9.12. The molecule has 0 N–H and O–H groups in total. The maximum absolute atomic E-state index is 11.6. The van der Waals surface area contributed by atoms with E-state index in [9.17, 15) is 18.0 Å². The molecule has 0 aliphatic heterocycles. The van der Waals surface area contributed by atoms with Crippen molar-refractivity contribution < 1.29 is 22.7 Å². The van der Waals surface area contributed by atoms with E-state index < -0.39 is 16.6 Å². The first-order valence-corrected chi connectivity index (χ1v) is 3.78. The van der Waals surface area contributed by atoms with Gasteiger partial charge in [-0.2, -0.15) is 13.2 Å². The average molecular weight is 247 g/mol. The molecule has 0 amide bonds. The molecule has 0 unspecified atom stereocenters. The molecule has 0 aliphatic rings. The van der Waals surface area contributed by atoms with Crippen LogP contribution in [0.3, 0.4) is 0 Å². The minimum Gasteiger partial charge on any atom is -0.462 e. The molecule has 70 valence electrons. The fraction of sp³-hybridized carbons (Fsp3) is 0.500. The van der Waals surface area contributed by atoms with Gasteiger partial charge in [-0.15, -0.1) is 0 Å². The molecule has 2 nitrogen and oxygen atoms in total. The normalized spacial score (nSPS) is 12.9. The number of ether oxygens (including phenoxy) is 1. The van der Waals surface area contributed by atoms with Crippen LogP contribution in [0, 0.1) is 0 Å². The van der Waals surface area contributed by atoms with E-state index in [0.717, 1.165) is 0 Å². The van der Waals surface area contributed by atoms with Crippen molar-refractivity contribution in [3.63, 3.8) is 0 Å². The Hall–Kier alpha value is -0.520. The molecule has 0 saturated heterocycles. The SMILES string of the molecule is CCOC(=O)C(Br)=CC(F)(F)F. The Labute approximate surface area is 75.5 Å². The molecule has 12 heavy (non-hydrogen) atoms. The topological polar surface area (TPSA) is 26.3 Å². The van der Waals surface area contributed by atoms with Gasteiger partial charge >= 0.3 is 12.1 Å². The lowest BCUT2D eigenvalue weighted by molar-refractivity contribution is -0.138. The number of halogens is 4. The molecule has 0 fully saturated rings. The van der Waals surface area contributed by atoms with Crippen molar-refractivity contribution in [3.8, 4) is 0 Å². The molecule has 0 saturated carbocycles. The van der Waals surface area contributed by atoms with Gasteiger partial charge in [0.2, 0.25) is 0 Å². The van der Waals surface area contributed by atoms with Crippen molar-refractivity contribution in [2.24, 2.45) is 0 Å². The summed E-state index contributed by atoms with van der Waals surface area (Å²) in [6.45, 7) is 1.55. The summed E-state index contributed by atoms with van der Waals surface area (Å²) in [5.74, 6) is -1.02. The van der Waals surface area contributed by atoms with Gasteiger partial charge < -0.3 is 4.74 Å². The molecule has 0 atom stereocenters. The zero-order valence-corrected chi connectivity index (χ0v) is 7.70. The summed E-state index contributed by atoms with van der Waals surface area (Å²) < 4.78 is 38.4. The van der Waals surface area contributed by atoms with Crippen LogP contribution in [0.15, 0.2) is 10.6 Å². The third-order valence-corrected chi connectivity index (χ3v) is 1.31. The minimum absolute atomic E-state index is 0.0413. The highest BCUT2D eigenvalue weighted by Gasteiger charge is 2.26. The predicted molar refractivity (Wildman–Crippen MR) is 39.7 cm³/mol. The quantitative estimate of drug-likeness (QED) is 0.553. The lowest BCUT2D eigenvalue weighted by Gasteiger charge is -2.01. The van der Waals surface area contributed by atoms with Crippen LogP contribution < -0.4 is 0 Å². The van der Waals surface area contributed by atoms with Crippen LogP contribution in [0.25, 0.3) is 0 Å². The summed E-state index contributed by atoms with van der Waals surface area (Å²) in [5, 5.41) is 0.